The fourth-order valence-corrected chi connectivity index (χ4v) is 11.5. The number of Topliss-reactive ketones (excluding diaryl/α,β-unsaturated/α-hetero) is 2. The van der Waals surface area contributed by atoms with Gasteiger partial charge in [-0.2, -0.15) is 0 Å². The van der Waals surface area contributed by atoms with E-state index in [0.717, 1.165) is 55.9 Å². The number of piperidine rings is 1. The van der Waals surface area contributed by atoms with E-state index in [-0.39, 0.29) is 97.3 Å². The van der Waals surface area contributed by atoms with Gasteiger partial charge in [0.05, 0.1) is 47.6 Å². The standard InChI is InChI=1S/C21H18ClN3O.C14H14Cl2N2O.C9H4Cl2O2.C7H5Cl2NO2.C7H13NO.C7H5N.Na.H2O2.H2O/c1-21(2)9-8-18-24-17-12-14(6-7-15-5-3-4-10-23-15)11-16(22)19(17)20(26)25(18)13-21;1-14(2)4-3-11-17-10-6-8(15)5-9(16)12(10)13(19)18(11)7-14;10-5-1-4-2-7(12)9(13)8(4)6(11)3-5;8-4-1-5(9)7(12-3-11)6(10)2-4;1-7(2)4-3-6(9)8-5-7;1-2-7-5-3-4-6-8-7;;1-2;/h3-5,10-12H,8-9,13H2,1-2H3;5-6H,3-4,7H2,1-2H3;1,3H,2H2;1-3H,10H2;3-5H2,1-2H3,(H,8,9);1,3-6H;;1-2H;1H2/q;;;;;;+1;;/p-1. The number of aromatic nitrogens is 6. The van der Waals surface area contributed by atoms with Crippen LogP contribution in [0.3, 0.4) is 0 Å². The summed E-state index contributed by atoms with van der Waals surface area (Å²) >= 11 is 41.3. The normalized spacial score (nSPS) is 14.6. The van der Waals surface area contributed by atoms with Crippen molar-refractivity contribution in [2.75, 3.05) is 12.3 Å². The second-order valence-corrected chi connectivity index (χ2v) is 25.9. The topological polar surface area (TPSA) is 282 Å². The average Bonchev–Trinajstić information content (AvgIpc) is 1.54. The maximum atomic E-state index is 13.0. The molecular formula is C65H62Cl7N8NaO10. The third-order valence-electron chi connectivity index (χ3n) is 14.1. The third kappa shape index (κ3) is 21.3. The molecular weight excluding hydrogens is 1320 g/mol. The number of fused-ring (bicyclic) bond motifs is 5. The van der Waals surface area contributed by atoms with Gasteiger partial charge in [-0.15, -0.1) is 6.42 Å². The Morgan fingerprint density at radius 3 is 1.62 bits per heavy atom. The second kappa shape index (κ2) is 34.5. The molecule has 26 heteroatoms. The van der Waals surface area contributed by atoms with Crippen molar-refractivity contribution in [1.29, 1.82) is 0 Å². The summed E-state index contributed by atoms with van der Waals surface area (Å²) in [5.74, 6) is 9.56. The number of rotatable bonds is 2. The molecule has 4 aliphatic rings. The number of nitrogen functional groups attached to an aromatic ring is 1. The summed E-state index contributed by atoms with van der Waals surface area (Å²) in [6.07, 6.45) is 13.9. The number of pyridine rings is 2. The zero-order valence-corrected chi connectivity index (χ0v) is 57.9. The van der Waals surface area contributed by atoms with Crippen LogP contribution in [-0.2, 0) is 46.7 Å². The van der Waals surface area contributed by atoms with E-state index in [1.807, 2.05) is 36.4 Å². The summed E-state index contributed by atoms with van der Waals surface area (Å²) in [4.78, 5) is 85.8. The molecule has 7 heterocycles. The number of ether oxygens (including phenoxy) is 1. The number of nitrogens with one attached hydrogen (secondary N) is 1. The van der Waals surface area contributed by atoms with Gasteiger partial charge in [0, 0.05) is 83.9 Å². The molecule has 0 saturated carbocycles. The zero-order chi connectivity index (χ0) is 65.5. The van der Waals surface area contributed by atoms with Crippen LogP contribution in [-0.4, -0.2) is 75.6 Å². The smallest absolute Gasteiger partial charge is 0.870 e. The van der Waals surface area contributed by atoms with Crippen LogP contribution < -0.4 is 56.5 Å². The molecule has 0 spiro atoms. The molecule has 4 aromatic carbocycles. The Morgan fingerprint density at radius 1 is 0.637 bits per heavy atom. The van der Waals surface area contributed by atoms with E-state index >= 15 is 0 Å². The first-order chi connectivity index (χ1) is 42.1. The number of hydrogen-bond acceptors (Lipinski definition) is 15. The molecule has 8 aromatic rings. The van der Waals surface area contributed by atoms with E-state index in [4.69, 9.17) is 109 Å². The first-order valence-corrected chi connectivity index (χ1v) is 30.0. The van der Waals surface area contributed by atoms with E-state index in [2.05, 4.69) is 84.3 Å². The number of nitrogens with zero attached hydrogens (tertiary/aromatic N) is 6. The third-order valence-corrected chi connectivity index (χ3v) is 16.0. The van der Waals surface area contributed by atoms with Gasteiger partial charge in [-0.25, -0.2) is 19.9 Å². The molecule has 0 radical (unpaired) electrons. The number of carbonyl (C=O) groups is 4. The predicted octanol–water partition coefficient (Wildman–Crippen LogP) is 10.7. The van der Waals surface area contributed by atoms with Crippen LogP contribution in [0.4, 0.5) is 5.69 Å². The predicted molar refractivity (Wildman–Crippen MR) is 354 cm³/mol. The number of amides is 1. The Morgan fingerprint density at radius 2 is 1.13 bits per heavy atom. The van der Waals surface area contributed by atoms with Gasteiger partial charge in [-0.05, 0) is 120 Å². The van der Waals surface area contributed by atoms with Crippen LogP contribution >= 0.6 is 81.2 Å². The quantitative estimate of drug-likeness (QED) is 0.0238. The van der Waals surface area contributed by atoms with Gasteiger partial charge < -0.3 is 21.3 Å². The van der Waals surface area contributed by atoms with Crippen LogP contribution in [0.5, 0.6) is 5.75 Å². The van der Waals surface area contributed by atoms with E-state index in [1.54, 1.807) is 51.9 Å². The molecule has 0 unspecified atom stereocenters. The first-order valence-electron chi connectivity index (χ1n) is 27.4. The Bertz CT molecular complexity index is 4180. The molecule has 3 aliphatic heterocycles. The first kappa shape index (κ1) is 77.0. The molecule has 4 aromatic heterocycles. The molecule has 18 nitrogen and oxygen atoms in total. The van der Waals surface area contributed by atoms with Crippen molar-refractivity contribution in [2.45, 2.75) is 99.6 Å². The molecule has 1 amide bonds. The largest absolute Gasteiger partial charge is 1.00 e. The number of hydrogen-bond donors (Lipinski definition) is 4. The Hall–Kier alpha value is -6.43. The van der Waals surface area contributed by atoms with Gasteiger partial charge in [0.15, 0.2) is 5.75 Å². The number of terminal acetylenes is 1. The molecule has 0 bridgehead atoms. The maximum Gasteiger partial charge on any atom is 1.00 e. The number of halogens is 7. The number of carbonyl (C=O) groups excluding carboxylic acids is 4. The van der Waals surface area contributed by atoms with Crippen LogP contribution in [0.15, 0.2) is 107 Å². The summed E-state index contributed by atoms with van der Waals surface area (Å²) in [6.45, 7) is 15.5. The van der Waals surface area contributed by atoms with Crippen molar-refractivity contribution in [3.8, 4) is 29.9 Å². The van der Waals surface area contributed by atoms with Gasteiger partial charge in [0.2, 0.25) is 17.5 Å². The summed E-state index contributed by atoms with van der Waals surface area (Å²) in [7, 11) is 0. The van der Waals surface area contributed by atoms with Crippen molar-refractivity contribution in [2.24, 2.45) is 16.2 Å². The van der Waals surface area contributed by atoms with E-state index in [1.165, 1.54) is 18.2 Å². The van der Waals surface area contributed by atoms with Gasteiger partial charge in [-0.1, -0.05) is 147 Å². The average molecular weight is 1390 g/mol. The van der Waals surface area contributed by atoms with Crippen LogP contribution in [0.1, 0.15) is 112 Å². The van der Waals surface area contributed by atoms with E-state index < -0.39 is 11.6 Å². The summed E-state index contributed by atoms with van der Waals surface area (Å²) < 4.78 is 8.06. The molecule has 1 fully saturated rings. The summed E-state index contributed by atoms with van der Waals surface area (Å²) in [5.41, 5.74) is 10.3. The minimum atomic E-state index is -0.503. The van der Waals surface area contributed by atoms with Crippen molar-refractivity contribution < 1.29 is 69.5 Å². The van der Waals surface area contributed by atoms with Crippen LogP contribution in [0.25, 0.3) is 21.8 Å². The number of ketones is 2. The Kier molecular flexibility index (Phi) is 29.2. The second-order valence-electron chi connectivity index (χ2n) is 22.9. The van der Waals surface area contributed by atoms with Gasteiger partial charge >= 0.3 is 29.6 Å². The molecule has 12 rings (SSSR count). The fraction of sp³-hybridized carbons (Fsp3) is 0.292. The SMILES string of the molecule is C#Cc1ccccn1.CC1(C)CCC(=O)NC1.CC1(C)CCc2nc3cc(C#Cc4ccccn4)cc(Cl)c3c(=O)n2C1.CC1(C)CCc2nc3cc(Cl)cc(Cl)c3c(=O)n2C1.Nc1cc(Cl)cc(Cl)c1OC=O.O=C1Cc2cc(Cl)cc(Cl)c2C1=O.OO.[Na+].[OH-]. The monoisotopic (exact) mass is 1380 g/mol. The molecule has 0 atom stereocenters. The fourth-order valence-electron chi connectivity index (χ4n) is 9.50. The maximum absolute atomic E-state index is 13.0. The number of nitrogens with two attached hydrogens (primary N) is 1. The molecule has 91 heavy (non-hydrogen) atoms. The van der Waals surface area contributed by atoms with E-state index in [9.17, 15) is 28.8 Å². The van der Waals surface area contributed by atoms with E-state index in [0.29, 0.717) is 94.4 Å². The van der Waals surface area contributed by atoms with Crippen molar-refractivity contribution in [3.05, 3.63) is 193 Å². The molecule has 1 saturated heterocycles. The minimum absolute atomic E-state index is 0. The Labute approximate surface area is 582 Å². The number of aryl methyl sites for hydroxylation is 2. The van der Waals surface area contributed by atoms with Gasteiger partial charge in [0.1, 0.15) is 23.0 Å². The van der Waals surface area contributed by atoms with Gasteiger partial charge in [-0.3, -0.25) is 48.4 Å². The van der Waals surface area contributed by atoms with Crippen molar-refractivity contribution >= 4 is 133 Å². The molecule has 6 N–H and O–H groups in total. The summed E-state index contributed by atoms with van der Waals surface area (Å²) in [5, 5.41) is 18.4. The number of anilines is 1. The zero-order valence-electron chi connectivity index (χ0n) is 50.6. The Balaban J connectivity index is 0.000000242. The van der Waals surface area contributed by atoms with Crippen molar-refractivity contribution in [1.82, 2.24) is 34.4 Å². The number of benzene rings is 4. The van der Waals surface area contributed by atoms with Crippen LogP contribution in [0.2, 0.25) is 35.2 Å². The molecule has 472 valence electrons. The van der Waals surface area contributed by atoms with Gasteiger partial charge in [0.25, 0.3) is 17.6 Å². The van der Waals surface area contributed by atoms with Crippen molar-refractivity contribution in [3.63, 3.8) is 0 Å². The molecule has 1 aliphatic carbocycles. The van der Waals surface area contributed by atoms with Crippen LogP contribution in [0, 0.1) is 40.4 Å². The minimum Gasteiger partial charge on any atom is -0.870 e. The summed E-state index contributed by atoms with van der Waals surface area (Å²) in [6, 6.07) is 23.9.